The van der Waals surface area contributed by atoms with Crippen molar-refractivity contribution in [3.8, 4) is 0 Å². The van der Waals surface area contributed by atoms with Gasteiger partial charge in [0.15, 0.2) is 0 Å². The molecule has 0 aliphatic heterocycles. The molecule has 0 spiro atoms. The number of ether oxygens (including phenoxy) is 1. The van der Waals surface area contributed by atoms with E-state index in [9.17, 15) is 0 Å². The van der Waals surface area contributed by atoms with Gasteiger partial charge in [-0.05, 0) is 49.0 Å². The minimum atomic E-state index is -1.58. The predicted molar refractivity (Wildman–Crippen MR) is 68.4 cm³/mol. The Morgan fingerprint density at radius 1 is 1.47 bits per heavy atom. The summed E-state index contributed by atoms with van der Waals surface area (Å²) in [5.74, 6) is 0.648. The van der Waals surface area contributed by atoms with Crippen LogP contribution in [-0.4, -0.2) is 14.9 Å². The molecule has 4 heteroatoms. The maximum Gasteiger partial charge on any atom is 0.265 e. The zero-order valence-corrected chi connectivity index (χ0v) is 11.6. The van der Waals surface area contributed by atoms with Gasteiger partial charge in [0.2, 0.25) is 8.32 Å². The minimum Gasteiger partial charge on any atom is -0.520 e. The SMILES string of the molecule is CCO/C(=C\c1ccsc1)O[Si](C)(C)C. The molecule has 1 heterocycles. The lowest BCUT2D eigenvalue weighted by molar-refractivity contribution is 0.117. The summed E-state index contributed by atoms with van der Waals surface area (Å²) in [6.45, 7) is 9.05. The van der Waals surface area contributed by atoms with Gasteiger partial charge in [-0.3, -0.25) is 0 Å². The number of hydrogen-bond donors (Lipinski definition) is 0. The third kappa shape index (κ3) is 5.04. The van der Waals surface area contributed by atoms with E-state index < -0.39 is 8.32 Å². The van der Waals surface area contributed by atoms with Crippen molar-refractivity contribution in [1.82, 2.24) is 0 Å². The first kappa shape index (κ1) is 12.3. The van der Waals surface area contributed by atoms with Crippen LogP contribution in [0.25, 0.3) is 6.08 Å². The van der Waals surface area contributed by atoms with Crippen molar-refractivity contribution >= 4 is 25.7 Å². The summed E-state index contributed by atoms with van der Waals surface area (Å²) >= 11 is 1.67. The van der Waals surface area contributed by atoms with E-state index in [1.807, 2.05) is 18.4 Å². The third-order valence-corrected chi connectivity index (χ3v) is 3.04. The molecule has 1 aromatic rings. The van der Waals surface area contributed by atoms with E-state index in [2.05, 4.69) is 31.1 Å². The van der Waals surface area contributed by atoms with Crippen LogP contribution < -0.4 is 0 Å². The summed E-state index contributed by atoms with van der Waals surface area (Å²) in [7, 11) is -1.58. The highest BCUT2D eigenvalue weighted by Gasteiger charge is 2.18. The van der Waals surface area contributed by atoms with Gasteiger partial charge >= 0.3 is 0 Å². The highest BCUT2D eigenvalue weighted by molar-refractivity contribution is 7.08. The van der Waals surface area contributed by atoms with Gasteiger partial charge in [0.1, 0.15) is 0 Å². The standard InChI is InChI=1S/C11H18O2SSi/c1-5-12-11(13-15(2,3)4)8-10-6-7-14-9-10/h6-9H,5H2,1-4H3/b11-8+. The van der Waals surface area contributed by atoms with E-state index in [-0.39, 0.29) is 0 Å². The second kappa shape index (κ2) is 5.37. The Morgan fingerprint density at radius 2 is 2.20 bits per heavy atom. The Kier molecular flexibility index (Phi) is 4.41. The lowest BCUT2D eigenvalue weighted by Gasteiger charge is -2.21. The molecule has 0 fully saturated rings. The molecule has 0 aliphatic rings. The molecule has 84 valence electrons. The minimum absolute atomic E-state index is 0.639. The average Bonchev–Trinajstić information content (AvgIpc) is 2.54. The number of thiophene rings is 1. The van der Waals surface area contributed by atoms with Gasteiger partial charge in [-0.25, -0.2) is 0 Å². The van der Waals surface area contributed by atoms with Gasteiger partial charge in [0.25, 0.3) is 5.95 Å². The quantitative estimate of drug-likeness (QED) is 0.575. The van der Waals surface area contributed by atoms with Crippen LogP contribution in [0.3, 0.4) is 0 Å². The fourth-order valence-corrected chi connectivity index (χ4v) is 2.38. The highest BCUT2D eigenvalue weighted by Crippen LogP contribution is 2.16. The van der Waals surface area contributed by atoms with E-state index in [1.165, 1.54) is 0 Å². The molecule has 0 N–H and O–H groups in total. The molecular formula is C11H18O2SSi. The molecular weight excluding hydrogens is 224 g/mol. The van der Waals surface area contributed by atoms with Crippen molar-refractivity contribution in [2.45, 2.75) is 26.6 Å². The van der Waals surface area contributed by atoms with Crippen molar-refractivity contribution in [3.05, 3.63) is 28.3 Å². The molecule has 1 aromatic heterocycles. The first-order chi connectivity index (χ1) is 7.01. The third-order valence-electron chi connectivity index (χ3n) is 1.52. The summed E-state index contributed by atoms with van der Waals surface area (Å²) in [4.78, 5) is 0. The van der Waals surface area contributed by atoms with Crippen LogP contribution >= 0.6 is 11.3 Å². The van der Waals surface area contributed by atoms with Crippen LogP contribution in [-0.2, 0) is 9.16 Å². The second-order valence-electron chi connectivity index (χ2n) is 4.17. The van der Waals surface area contributed by atoms with Crippen LogP contribution in [0.4, 0.5) is 0 Å². The molecule has 0 unspecified atom stereocenters. The summed E-state index contributed by atoms with van der Waals surface area (Å²) < 4.78 is 11.3. The molecule has 2 nitrogen and oxygen atoms in total. The maximum absolute atomic E-state index is 5.83. The lowest BCUT2D eigenvalue weighted by atomic mass is 10.3. The molecule has 0 amide bonds. The first-order valence-corrected chi connectivity index (χ1v) is 9.42. The summed E-state index contributed by atoms with van der Waals surface area (Å²) in [6, 6.07) is 2.05. The van der Waals surface area contributed by atoms with E-state index in [0.29, 0.717) is 12.6 Å². The van der Waals surface area contributed by atoms with Crippen LogP contribution in [0.15, 0.2) is 22.8 Å². The van der Waals surface area contributed by atoms with E-state index in [1.54, 1.807) is 11.3 Å². The van der Waals surface area contributed by atoms with Gasteiger partial charge in [0, 0.05) is 6.08 Å². The summed E-state index contributed by atoms with van der Waals surface area (Å²) in [5.41, 5.74) is 1.14. The molecule has 1 rings (SSSR count). The fourth-order valence-electron chi connectivity index (χ4n) is 1.04. The number of rotatable bonds is 5. The summed E-state index contributed by atoms with van der Waals surface area (Å²) in [6.07, 6.45) is 1.96. The molecule has 0 radical (unpaired) electrons. The zero-order valence-electron chi connectivity index (χ0n) is 9.74. The van der Waals surface area contributed by atoms with Crippen LogP contribution in [0.2, 0.25) is 19.6 Å². The maximum atomic E-state index is 5.83. The zero-order chi connectivity index (χ0) is 11.3. The van der Waals surface area contributed by atoms with Gasteiger partial charge in [0.05, 0.1) is 6.61 Å². The molecule has 0 atom stereocenters. The molecule has 0 saturated heterocycles. The van der Waals surface area contributed by atoms with E-state index >= 15 is 0 Å². The van der Waals surface area contributed by atoms with Crippen molar-refractivity contribution in [3.63, 3.8) is 0 Å². The molecule has 0 aliphatic carbocycles. The van der Waals surface area contributed by atoms with Gasteiger partial charge in [-0.2, -0.15) is 11.3 Å². The normalized spacial score (nSPS) is 12.7. The predicted octanol–water partition coefficient (Wildman–Crippen LogP) is 3.93. The van der Waals surface area contributed by atoms with Crippen LogP contribution in [0, 0.1) is 0 Å². The van der Waals surface area contributed by atoms with Crippen molar-refractivity contribution in [2.75, 3.05) is 6.61 Å². The Labute approximate surface area is 96.7 Å². The van der Waals surface area contributed by atoms with Crippen molar-refractivity contribution in [2.24, 2.45) is 0 Å². The molecule has 0 bridgehead atoms. The molecule has 15 heavy (non-hydrogen) atoms. The van der Waals surface area contributed by atoms with Crippen molar-refractivity contribution in [1.29, 1.82) is 0 Å². The topological polar surface area (TPSA) is 18.5 Å². The van der Waals surface area contributed by atoms with Crippen LogP contribution in [0.5, 0.6) is 0 Å². The van der Waals surface area contributed by atoms with Crippen LogP contribution in [0.1, 0.15) is 12.5 Å². The Bertz CT molecular complexity index is 312. The number of hydrogen-bond acceptors (Lipinski definition) is 3. The average molecular weight is 242 g/mol. The Morgan fingerprint density at radius 3 is 2.67 bits per heavy atom. The second-order valence-corrected chi connectivity index (χ2v) is 9.38. The monoisotopic (exact) mass is 242 g/mol. The molecule has 0 aromatic carbocycles. The smallest absolute Gasteiger partial charge is 0.265 e. The fraction of sp³-hybridized carbons (Fsp3) is 0.455. The molecule has 0 saturated carbocycles. The van der Waals surface area contributed by atoms with Gasteiger partial charge in [-0.1, -0.05) is 0 Å². The first-order valence-electron chi connectivity index (χ1n) is 5.07. The van der Waals surface area contributed by atoms with E-state index in [0.717, 1.165) is 5.56 Å². The Hall–Kier alpha value is -0.743. The van der Waals surface area contributed by atoms with Gasteiger partial charge in [-0.15, -0.1) is 0 Å². The highest BCUT2D eigenvalue weighted by atomic mass is 32.1. The largest absolute Gasteiger partial charge is 0.520 e. The van der Waals surface area contributed by atoms with E-state index in [4.69, 9.17) is 9.16 Å². The Balaban J connectivity index is 2.73. The van der Waals surface area contributed by atoms with Gasteiger partial charge < -0.3 is 9.16 Å². The summed E-state index contributed by atoms with van der Waals surface area (Å²) in [5, 5.41) is 4.12. The van der Waals surface area contributed by atoms with Crippen molar-refractivity contribution < 1.29 is 9.16 Å². The lowest BCUT2D eigenvalue weighted by Crippen LogP contribution is -2.25.